The Bertz CT molecular complexity index is 1220. The molecule has 1 aliphatic carbocycles. The number of thiazole rings is 1. The van der Waals surface area contributed by atoms with Crippen molar-refractivity contribution in [3.05, 3.63) is 70.7 Å². The standard InChI is InChI=1S/C26H25N3O5S/c30-23(29-13-16(14-29)11-24(31)32)10-9-17-12-27-25(35-17)28-26(33)34-15-22-20-7-3-1-5-18(20)19-6-2-4-8-21(19)22/h1-8,12,16,22H,9-11,13-15H2,(H,31,32)(H,27,28,33). The van der Waals surface area contributed by atoms with Gasteiger partial charge in [0.25, 0.3) is 0 Å². The van der Waals surface area contributed by atoms with E-state index in [4.69, 9.17) is 9.84 Å². The third-order valence-corrected chi connectivity index (χ3v) is 7.44. The van der Waals surface area contributed by atoms with Gasteiger partial charge < -0.3 is 14.7 Å². The van der Waals surface area contributed by atoms with Crippen LogP contribution in [0, 0.1) is 5.92 Å². The molecule has 1 aliphatic heterocycles. The molecule has 3 aromatic rings. The molecule has 0 radical (unpaired) electrons. The Morgan fingerprint density at radius 1 is 1.06 bits per heavy atom. The predicted octanol–water partition coefficient (Wildman–Crippen LogP) is 4.37. The third kappa shape index (κ3) is 5.05. The van der Waals surface area contributed by atoms with E-state index >= 15 is 0 Å². The molecule has 1 fully saturated rings. The van der Waals surface area contributed by atoms with Crippen LogP contribution in [-0.4, -0.2) is 52.7 Å². The van der Waals surface area contributed by atoms with Crippen molar-refractivity contribution < 1.29 is 24.2 Å². The number of benzene rings is 2. The highest BCUT2D eigenvalue weighted by molar-refractivity contribution is 7.15. The Hall–Kier alpha value is -3.72. The number of ether oxygens (including phenoxy) is 1. The van der Waals surface area contributed by atoms with Gasteiger partial charge in [0.15, 0.2) is 5.13 Å². The zero-order valence-corrected chi connectivity index (χ0v) is 19.8. The molecule has 1 aromatic heterocycles. The van der Waals surface area contributed by atoms with Crippen LogP contribution < -0.4 is 5.32 Å². The van der Waals surface area contributed by atoms with E-state index in [2.05, 4.69) is 34.6 Å². The summed E-state index contributed by atoms with van der Waals surface area (Å²) in [5, 5.41) is 11.9. The predicted molar refractivity (Wildman–Crippen MR) is 131 cm³/mol. The molecule has 5 rings (SSSR count). The highest BCUT2D eigenvalue weighted by atomic mass is 32.1. The second-order valence-electron chi connectivity index (χ2n) is 8.84. The van der Waals surface area contributed by atoms with Crippen LogP contribution in [0.5, 0.6) is 0 Å². The SMILES string of the molecule is O=C(O)CC1CN(C(=O)CCc2cnc(NC(=O)OCC3c4ccccc4-c4ccccc43)s2)C1. The summed E-state index contributed by atoms with van der Waals surface area (Å²) >= 11 is 1.31. The summed E-state index contributed by atoms with van der Waals surface area (Å²) in [4.78, 5) is 42.2. The molecule has 1 saturated heterocycles. The van der Waals surface area contributed by atoms with Crippen LogP contribution in [-0.2, 0) is 20.7 Å². The topological polar surface area (TPSA) is 109 Å². The summed E-state index contributed by atoms with van der Waals surface area (Å²) < 4.78 is 5.56. The van der Waals surface area contributed by atoms with E-state index in [-0.39, 0.29) is 30.8 Å². The molecule has 2 aromatic carbocycles. The van der Waals surface area contributed by atoms with Crippen LogP contribution >= 0.6 is 11.3 Å². The molecule has 0 saturated carbocycles. The highest BCUT2D eigenvalue weighted by Crippen LogP contribution is 2.44. The van der Waals surface area contributed by atoms with Crippen molar-refractivity contribution in [3.8, 4) is 11.1 Å². The number of nitrogens with zero attached hydrogens (tertiary/aromatic N) is 2. The number of carboxylic acid groups (broad SMARTS) is 1. The van der Waals surface area contributed by atoms with Gasteiger partial charge in [-0.2, -0.15) is 0 Å². The number of aryl methyl sites for hydroxylation is 1. The van der Waals surface area contributed by atoms with Gasteiger partial charge in [-0.1, -0.05) is 48.5 Å². The molecule has 2 N–H and O–H groups in total. The Labute approximate surface area is 206 Å². The van der Waals surface area contributed by atoms with Crippen LogP contribution in [0.3, 0.4) is 0 Å². The van der Waals surface area contributed by atoms with Crippen LogP contribution in [0.4, 0.5) is 9.93 Å². The first-order chi connectivity index (χ1) is 17.0. The van der Waals surface area contributed by atoms with Crippen molar-refractivity contribution in [3.63, 3.8) is 0 Å². The Balaban J connectivity index is 1.10. The van der Waals surface area contributed by atoms with Crippen molar-refractivity contribution >= 4 is 34.4 Å². The Morgan fingerprint density at radius 3 is 2.37 bits per heavy atom. The summed E-state index contributed by atoms with van der Waals surface area (Å²) in [5.41, 5.74) is 4.65. The van der Waals surface area contributed by atoms with E-state index in [1.54, 1.807) is 11.1 Å². The fourth-order valence-corrected chi connectivity index (χ4v) is 5.54. The number of aliphatic carboxylic acids is 1. The Kier molecular flexibility index (Phi) is 6.50. The second kappa shape index (κ2) is 9.87. The van der Waals surface area contributed by atoms with Crippen molar-refractivity contribution in [1.29, 1.82) is 0 Å². The third-order valence-electron chi connectivity index (χ3n) is 6.46. The maximum Gasteiger partial charge on any atom is 0.413 e. The largest absolute Gasteiger partial charge is 0.481 e. The first kappa shape index (κ1) is 23.0. The molecule has 2 aliphatic rings. The number of hydrogen-bond acceptors (Lipinski definition) is 6. The number of aromatic nitrogens is 1. The van der Waals surface area contributed by atoms with Crippen molar-refractivity contribution in [1.82, 2.24) is 9.88 Å². The van der Waals surface area contributed by atoms with E-state index in [9.17, 15) is 14.4 Å². The number of carbonyl (C=O) groups excluding carboxylic acids is 2. The van der Waals surface area contributed by atoms with Gasteiger partial charge in [0, 0.05) is 42.4 Å². The lowest BCUT2D eigenvalue weighted by molar-refractivity contribution is -0.145. The van der Waals surface area contributed by atoms with Gasteiger partial charge >= 0.3 is 12.1 Å². The minimum Gasteiger partial charge on any atom is -0.481 e. The lowest BCUT2D eigenvalue weighted by atomic mass is 9.96. The minimum atomic E-state index is -0.830. The van der Waals surface area contributed by atoms with Gasteiger partial charge in [0.2, 0.25) is 5.91 Å². The number of rotatable bonds is 8. The van der Waals surface area contributed by atoms with Crippen molar-refractivity contribution in [2.45, 2.75) is 25.2 Å². The van der Waals surface area contributed by atoms with Crippen LogP contribution in [0.25, 0.3) is 11.1 Å². The zero-order valence-electron chi connectivity index (χ0n) is 19.0. The highest BCUT2D eigenvalue weighted by Gasteiger charge is 2.32. The van der Waals surface area contributed by atoms with E-state index in [0.717, 1.165) is 16.0 Å². The summed E-state index contributed by atoms with van der Waals surface area (Å²) in [5.74, 6) is -0.787. The average Bonchev–Trinajstić information content (AvgIpc) is 3.40. The van der Waals surface area contributed by atoms with Gasteiger partial charge in [-0.05, 0) is 28.7 Å². The van der Waals surface area contributed by atoms with Crippen molar-refractivity contribution in [2.75, 3.05) is 25.0 Å². The molecule has 8 nitrogen and oxygen atoms in total. The first-order valence-corrected chi connectivity index (χ1v) is 12.4. The fourth-order valence-electron chi connectivity index (χ4n) is 4.74. The summed E-state index contributed by atoms with van der Waals surface area (Å²) in [6, 6.07) is 16.3. The molecule has 0 unspecified atom stereocenters. The molecule has 0 atom stereocenters. The van der Waals surface area contributed by atoms with E-state index in [1.165, 1.54) is 22.5 Å². The lowest BCUT2D eigenvalue weighted by Gasteiger charge is -2.38. The van der Waals surface area contributed by atoms with E-state index in [1.807, 2.05) is 24.3 Å². The molecule has 180 valence electrons. The number of carbonyl (C=O) groups is 3. The average molecular weight is 492 g/mol. The van der Waals surface area contributed by atoms with Gasteiger partial charge in [-0.25, -0.2) is 9.78 Å². The molecule has 2 amide bonds. The van der Waals surface area contributed by atoms with Gasteiger partial charge in [0.05, 0.1) is 6.42 Å². The number of amides is 2. The maximum absolute atomic E-state index is 12.4. The molecular formula is C26H25N3O5S. The monoisotopic (exact) mass is 491 g/mol. The smallest absolute Gasteiger partial charge is 0.413 e. The summed E-state index contributed by atoms with van der Waals surface area (Å²) in [6.45, 7) is 1.23. The van der Waals surface area contributed by atoms with Crippen LogP contribution in [0.15, 0.2) is 54.7 Å². The van der Waals surface area contributed by atoms with Gasteiger partial charge in [-0.15, -0.1) is 11.3 Å². The molecule has 2 heterocycles. The molecule has 9 heteroatoms. The fraction of sp³-hybridized carbons (Fsp3) is 0.308. The number of nitrogens with one attached hydrogen (secondary N) is 1. The summed E-state index contributed by atoms with van der Waals surface area (Å²) in [6.07, 6.45) is 2.04. The van der Waals surface area contributed by atoms with Crippen LogP contribution in [0.1, 0.15) is 34.8 Å². The van der Waals surface area contributed by atoms with E-state index < -0.39 is 12.1 Å². The second-order valence-corrected chi connectivity index (χ2v) is 9.96. The molecule has 0 spiro atoms. The van der Waals surface area contributed by atoms with Gasteiger partial charge in [-0.3, -0.25) is 14.9 Å². The lowest BCUT2D eigenvalue weighted by Crippen LogP contribution is -2.50. The minimum absolute atomic E-state index is 0.00563. The molecule has 35 heavy (non-hydrogen) atoms. The van der Waals surface area contributed by atoms with Crippen LogP contribution in [0.2, 0.25) is 0 Å². The number of anilines is 1. The molecule has 0 bridgehead atoms. The summed E-state index contributed by atoms with van der Waals surface area (Å²) in [7, 11) is 0. The van der Waals surface area contributed by atoms with E-state index in [0.29, 0.717) is 31.1 Å². The van der Waals surface area contributed by atoms with Crippen molar-refractivity contribution in [2.24, 2.45) is 5.92 Å². The molecular weight excluding hydrogens is 466 g/mol. The first-order valence-electron chi connectivity index (χ1n) is 11.5. The number of fused-ring (bicyclic) bond motifs is 3. The Morgan fingerprint density at radius 2 is 1.71 bits per heavy atom. The number of likely N-dealkylation sites (tertiary alicyclic amines) is 1. The number of hydrogen-bond donors (Lipinski definition) is 2. The van der Waals surface area contributed by atoms with Gasteiger partial charge in [0.1, 0.15) is 6.61 Å². The number of carboxylic acids is 1. The quantitative estimate of drug-likeness (QED) is 0.484. The zero-order chi connectivity index (χ0) is 24.4. The maximum atomic E-state index is 12.4. The normalized spacial score (nSPS) is 14.7.